The van der Waals surface area contributed by atoms with Crippen LogP contribution >= 0.6 is 11.8 Å². The summed E-state index contributed by atoms with van der Waals surface area (Å²) in [6.07, 6.45) is 0. The first-order valence-corrected chi connectivity index (χ1v) is 9.88. The number of ketones is 2. The van der Waals surface area contributed by atoms with Crippen molar-refractivity contribution in [2.75, 3.05) is 5.32 Å². The van der Waals surface area contributed by atoms with Crippen molar-refractivity contribution < 1.29 is 18.8 Å². The summed E-state index contributed by atoms with van der Waals surface area (Å²) < 4.78 is 13.8. The third-order valence-corrected chi connectivity index (χ3v) is 5.85. The fourth-order valence-electron chi connectivity index (χ4n) is 3.21. The molecule has 6 heteroatoms. The highest BCUT2D eigenvalue weighted by Gasteiger charge is 2.29. The van der Waals surface area contributed by atoms with Gasteiger partial charge in [0.15, 0.2) is 11.6 Å². The van der Waals surface area contributed by atoms with Crippen LogP contribution < -0.4 is 5.32 Å². The Hall–Kier alpha value is -3.25. The minimum atomic E-state index is -0.555. The van der Waals surface area contributed by atoms with E-state index in [1.54, 1.807) is 61.5 Å². The van der Waals surface area contributed by atoms with E-state index in [0.717, 1.165) is 11.8 Å². The number of benzene rings is 3. The average molecular weight is 405 g/mol. The Morgan fingerprint density at radius 3 is 2.14 bits per heavy atom. The Balaban J connectivity index is 1.55. The molecule has 0 saturated heterocycles. The van der Waals surface area contributed by atoms with Crippen molar-refractivity contribution in [1.29, 1.82) is 0 Å². The van der Waals surface area contributed by atoms with Gasteiger partial charge in [-0.25, -0.2) is 4.39 Å². The molecule has 1 aliphatic carbocycles. The van der Waals surface area contributed by atoms with Gasteiger partial charge in [0.05, 0.1) is 5.25 Å². The molecule has 0 aromatic heterocycles. The van der Waals surface area contributed by atoms with Crippen LogP contribution in [0.15, 0.2) is 71.6 Å². The van der Waals surface area contributed by atoms with Crippen molar-refractivity contribution in [3.8, 4) is 0 Å². The van der Waals surface area contributed by atoms with E-state index in [-0.39, 0.29) is 28.9 Å². The highest BCUT2D eigenvalue weighted by atomic mass is 32.2. The van der Waals surface area contributed by atoms with Gasteiger partial charge in [-0.15, -0.1) is 11.8 Å². The molecule has 4 nitrogen and oxygen atoms in total. The molecular formula is C23H16FNO3S. The number of thioether (sulfide) groups is 1. The minimum Gasteiger partial charge on any atom is -0.325 e. The maximum atomic E-state index is 13.8. The van der Waals surface area contributed by atoms with Crippen LogP contribution in [0.5, 0.6) is 0 Å². The molecule has 1 N–H and O–H groups in total. The number of anilines is 1. The molecule has 29 heavy (non-hydrogen) atoms. The number of fused-ring (bicyclic) bond motifs is 2. The lowest BCUT2D eigenvalue weighted by Gasteiger charge is -2.19. The van der Waals surface area contributed by atoms with Crippen LogP contribution in [0.1, 0.15) is 38.8 Å². The zero-order chi connectivity index (χ0) is 20.5. The van der Waals surface area contributed by atoms with Crippen molar-refractivity contribution >= 4 is 34.9 Å². The van der Waals surface area contributed by atoms with E-state index in [2.05, 4.69) is 5.32 Å². The first-order valence-electron chi connectivity index (χ1n) is 9.00. The third kappa shape index (κ3) is 3.59. The highest BCUT2D eigenvalue weighted by Crippen LogP contribution is 2.30. The second-order valence-electron chi connectivity index (χ2n) is 6.64. The van der Waals surface area contributed by atoms with Crippen molar-refractivity contribution in [3.05, 3.63) is 94.8 Å². The number of amides is 1. The second-order valence-corrected chi connectivity index (χ2v) is 8.03. The average Bonchev–Trinajstić information content (AvgIpc) is 2.73. The van der Waals surface area contributed by atoms with E-state index in [9.17, 15) is 18.8 Å². The summed E-state index contributed by atoms with van der Waals surface area (Å²) in [6, 6.07) is 17.6. The van der Waals surface area contributed by atoms with Crippen LogP contribution in [-0.2, 0) is 4.79 Å². The molecule has 0 unspecified atom stereocenters. The molecule has 1 aliphatic rings. The molecule has 3 aromatic rings. The predicted molar refractivity (Wildman–Crippen MR) is 110 cm³/mol. The summed E-state index contributed by atoms with van der Waals surface area (Å²) in [5.74, 6) is -1.17. The maximum absolute atomic E-state index is 13.8. The lowest BCUT2D eigenvalue weighted by atomic mass is 9.84. The van der Waals surface area contributed by atoms with E-state index in [1.807, 2.05) is 0 Å². The summed E-state index contributed by atoms with van der Waals surface area (Å²) in [5, 5.41) is 2.19. The Kier molecular flexibility index (Phi) is 5.03. The summed E-state index contributed by atoms with van der Waals surface area (Å²) in [5.41, 5.74) is 1.74. The first kappa shape index (κ1) is 19.1. The van der Waals surface area contributed by atoms with Gasteiger partial charge in [-0.2, -0.15) is 0 Å². The summed E-state index contributed by atoms with van der Waals surface area (Å²) in [4.78, 5) is 38.4. The normalized spacial score (nSPS) is 13.4. The van der Waals surface area contributed by atoms with Gasteiger partial charge >= 0.3 is 0 Å². The molecule has 0 saturated carbocycles. The molecule has 144 valence electrons. The second kappa shape index (κ2) is 7.64. The van der Waals surface area contributed by atoms with Crippen LogP contribution in [-0.4, -0.2) is 22.7 Å². The lowest BCUT2D eigenvalue weighted by Crippen LogP contribution is -2.24. The summed E-state index contributed by atoms with van der Waals surface area (Å²) >= 11 is 1.11. The van der Waals surface area contributed by atoms with Crippen molar-refractivity contribution in [1.82, 2.24) is 0 Å². The van der Waals surface area contributed by atoms with Gasteiger partial charge in [0, 0.05) is 32.8 Å². The zero-order valence-corrected chi connectivity index (χ0v) is 16.3. The van der Waals surface area contributed by atoms with Crippen LogP contribution in [0.25, 0.3) is 0 Å². The van der Waals surface area contributed by atoms with E-state index in [0.29, 0.717) is 27.3 Å². The summed E-state index contributed by atoms with van der Waals surface area (Å²) in [6.45, 7) is 1.68. The number of rotatable bonds is 4. The first-order chi connectivity index (χ1) is 14.0. The SMILES string of the molecule is C[C@H](Sc1ccccc1F)C(=O)Nc1ccc2c(c1)C(=O)c1ccccc1C2=O. The van der Waals surface area contributed by atoms with Gasteiger partial charge in [0.1, 0.15) is 5.82 Å². The number of hydrogen-bond donors (Lipinski definition) is 1. The summed E-state index contributed by atoms with van der Waals surface area (Å²) in [7, 11) is 0. The van der Waals surface area contributed by atoms with E-state index in [1.165, 1.54) is 12.1 Å². The monoisotopic (exact) mass is 405 g/mol. The van der Waals surface area contributed by atoms with Crippen LogP contribution in [0.3, 0.4) is 0 Å². The van der Waals surface area contributed by atoms with Crippen molar-refractivity contribution in [2.24, 2.45) is 0 Å². The topological polar surface area (TPSA) is 63.2 Å². The molecule has 0 bridgehead atoms. The van der Waals surface area contributed by atoms with Crippen LogP contribution in [0.2, 0.25) is 0 Å². The fraction of sp³-hybridized carbons (Fsp3) is 0.0870. The quantitative estimate of drug-likeness (QED) is 0.499. The zero-order valence-electron chi connectivity index (χ0n) is 15.4. The molecule has 1 amide bonds. The van der Waals surface area contributed by atoms with Gasteiger partial charge in [0.25, 0.3) is 0 Å². The fourth-order valence-corrected chi connectivity index (χ4v) is 4.09. The van der Waals surface area contributed by atoms with Gasteiger partial charge in [-0.3, -0.25) is 14.4 Å². The lowest BCUT2D eigenvalue weighted by molar-refractivity contribution is -0.115. The smallest absolute Gasteiger partial charge is 0.237 e. The van der Waals surface area contributed by atoms with Crippen LogP contribution in [0.4, 0.5) is 10.1 Å². The number of carbonyl (C=O) groups is 3. The number of nitrogens with one attached hydrogen (secondary N) is 1. The number of carbonyl (C=O) groups excluding carboxylic acids is 3. The maximum Gasteiger partial charge on any atom is 0.237 e. The Morgan fingerprint density at radius 1 is 0.862 bits per heavy atom. The van der Waals surface area contributed by atoms with Gasteiger partial charge in [-0.1, -0.05) is 36.4 Å². The largest absolute Gasteiger partial charge is 0.325 e. The molecule has 0 spiro atoms. The Labute approximate surface area is 171 Å². The van der Waals surface area contributed by atoms with E-state index < -0.39 is 5.25 Å². The molecule has 1 atom stereocenters. The number of halogens is 1. The minimum absolute atomic E-state index is 0.212. The molecule has 4 rings (SSSR count). The number of hydrogen-bond acceptors (Lipinski definition) is 4. The Morgan fingerprint density at radius 2 is 1.45 bits per heavy atom. The molecular weight excluding hydrogens is 389 g/mol. The Bertz CT molecular complexity index is 1160. The van der Waals surface area contributed by atoms with Gasteiger partial charge in [-0.05, 0) is 37.3 Å². The molecule has 0 heterocycles. The van der Waals surface area contributed by atoms with Gasteiger partial charge < -0.3 is 5.32 Å². The van der Waals surface area contributed by atoms with E-state index >= 15 is 0 Å². The van der Waals surface area contributed by atoms with E-state index in [4.69, 9.17) is 0 Å². The molecule has 0 radical (unpaired) electrons. The highest BCUT2D eigenvalue weighted by molar-refractivity contribution is 8.00. The molecule has 3 aromatic carbocycles. The third-order valence-electron chi connectivity index (χ3n) is 4.70. The molecule has 0 aliphatic heterocycles. The van der Waals surface area contributed by atoms with Crippen LogP contribution in [0, 0.1) is 5.82 Å². The van der Waals surface area contributed by atoms with Crippen molar-refractivity contribution in [3.63, 3.8) is 0 Å². The molecule has 0 fully saturated rings. The van der Waals surface area contributed by atoms with Crippen molar-refractivity contribution in [2.45, 2.75) is 17.1 Å². The standard InChI is InChI=1S/C23H16FNO3S/c1-13(29-20-9-5-4-8-19(20)24)23(28)25-14-10-11-17-18(12-14)22(27)16-7-3-2-6-15(16)21(17)26/h2-13H,1H3,(H,25,28)/t13-/m0/s1. The van der Waals surface area contributed by atoms with Gasteiger partial charge in [0.2, 0.25) is 5.91 Å². The predicted octanol–water partition coefficient (Wildman–Crippen LogP) is 4.72.